The maximum Gasteiger partial charge on any atom is 0.198 e. The number of nitrogens with zero attached hydrogens (tertiary/aromatic N) is 1. The number of H-pyrrole nitrogens is 1. The second-order valence-electron chi connectivity index (χ2n) is 4.08. The first-order chi connectivity index (χ1) is 8.84. The smallest absolute Gasteiger partial charge is 0.198 e. The highest BCUT2D eigenvalue weighted by Gasteiger charge is 2.11. The molecule has 3 nitrogen and oxygen atoms in total. The van der Waals surface area contributed by atoms with E-state index in [1.54, 1.807) is 0 Å². The summed E-state index contributed by atoms with van der Waals surface area (Å²) >= 11 is 0. The van der Waals surface area contributed by atoms with Crippen molar-refractivity contribution in [3.8, 4) is 22.5 Å². The molecule has 2 aromatic carbocycles. The number of imidazole rings is 1. The van der Waals surface area contributed by atoms with E-state index in [9.17, 15) is 0 Å². The molecule has 0 bridgehead atoms. The highest BCUT2D eigenvalue weighted by molar-refractivity contribution is 5.79. The van der Waals surface area contributed by atoms with E-state index in [0.717, 1.165) is 22.5 Å². The van der Waals surface area contributed by atoms with E-state index < -0.39 is 0 Å². The van der Waals surface area contributed by atoms with Gasteiger partial charge in [-0.25, -0.2) is 4.98 Å². The minimum atomic E-state index is 0.438. The van der Waals surface area contributed by atoms with Gasteiger partial charge in [-0.15, -0.1) is 0 Å². The molecular weight excluding hydrogens is 222 g/mol. The molecule has 0 saturated carbocycles. The summed E-state index contributed by atoms with van der Waals surface area (Å²) in [6.07, 6.45) is 0. The zero-order valence-corrected chi connectivity index (χ0v) is 9.80. The molecular formula is C15H13N3. The first kappa shape index (κ1) is 10.6. The van der Waals surface area contributed by atoms with Crippen LogP contribution < -0.4 is 5.73 Å². The van der Waals surface area contributed by atoms with Gasteiger partial charge >= 0.3 is 0 Å². The molecule has 0 unspecified atom stereocenters. The van der Waals surface area contributed by atoms with Gasteiger partial charge in [0.15, 0.2) is 5.95 Å². The Morgan fingerprint density at radius 1 is 0.778 bits per heavy atom. The van der Waals surface area contributed by atoms with E-state index in [0.29, 0.717) is 5.95 Å². The van der Waals surface area contributed by atoms with E-state index >= 15 is 0 Å². The Morgan fingerprint density at radius 3 is 1.94 bits per heavy atom. The number of aromatic amines is 1. The van der Waals surface area contributed by atoms with Crippen LogP contribution in [0.15, 0.2) is 60.7 Å². The molecule has 1 aromatic heterocycles. The lowest BCUT2D eigenvalue weighted by molar-refractivity contribution is 1.32. The van der Waals surface area contributed by atoms with Gasteiger partial charge in [0.25, 0.3) is 0 Å². The third kappa shape index (κ3) is 1.86. The summed E-state index contributed by atoms with van der Waals surface area (Å²) in [6.45, 7) is 0. The fraction of sp³-hybridized carbons (Fsp3) is 0. The summed E-state index contributed by atoms with van der Waals surface area (Å²) < 4.78 is 0. The van der Waals surface area contributed by atoms with E-state index in [-0.39, 0.29) is 0 Å². The number of nitrogens with two attached hydrogens (primary N) is 1. The second-order valence-corrected chi connectivity index (χ2v) is 4.08. The van der Waals surface area contributed by atoms with Crippen LogP contribution in [0.5, 0.6) is 0 Å². The Hall–Kier alpha value is -2.55. The van der Waals surface area contributed by atoms with Gasteiger partial charge in [-0.3, -0.25) is 0 Å². The maximum absolute atomic E-state index is 5.79. The van der Waals surface area contributed by atoms with Crippen molar-refractivity contribution >= 4 is 5.95 Å². The number of hydrogen-bond acceptors (Lipinski definition) is 2. The average molecular weight is 235 g/mol. The Balaban J connectivity index is 2.17. The molecule has 0 amide bonds. The van der Waals surface area contributed by atoms with E-state index in [4.69, 9.17) is 5.73 Å². The summed E-state index contributed by atoms with van der Waals surface area (Å²) in [7, 11) is 0. The van der Waals surface area contributed by atoms with E-state index in [1.807, 2.05) is 60.7 Å². The van der Waals surface area contributed by atoms with Crippen LogP contribution in [-0.2, 0) is 0 Å². The maximum atomic E-state index is 5.79. The number of aromatic nitrogens is 2. The van der Waals surface area contributed by atoms with Crippen molar-refractivity contribution in [1.29, 1.82) is 0 Å². The largest absolute Gasteiger partial charge is 0.369 e. The second kappa shape index (κ2) is 4.37. The molecule has 0 aliphatic carbocycles. The van der Waals surface area contributed by atoms with E-state index in [2.05, 4.69) is 9.97 Å². The highest BCUT2D eigenvalue weighted by Crippen LogP contribution is 2.30. The van der Waals surface area contributed by atoms with Gasteiger partial charge < -0.3 is 10.7 Å². The van der Waals surface area contributed by atoms with Gasteiger partial charge in [0.1, 0.15) is 0 Å². The molecule has 0 saturated heterocycles. The summed E-state index contributed by atoms with van der Waals surface area (Å²) in [6, 6.07) is 20.1. The molecule has 18 heavy (non-hydrogen) atoms. The summed E-state index contributed by atoms with van der Waals surface area (Å²) in [5.41, 5.74) is 9.78. The first-order valence-electron chi connectivity index (χ1n) is 5.81. The van der Waals surface area contributed by atoms with Crippen LogP contribution in [0.2, 0.25) is 0 Å². The normalized spacial score (nSPS) is 10.4. The highest BCUT2D eigenvalue weighted by atomic mass is 15.0. The molecule has 3 aromatic rings. The Labute approximate surface area is 105 Å². The molecule has 0 fully saturated rings. The van der Waals surface area contributed by atoms with Gasteiger partial charge in [0, 0.05) is 11.1 Å². The number of rotatable bonds is 2. The van der Waals surface area contributed by atoms with Gasteiger partial charge in [-0.05, 0) is 0 Å². The van der Waals surface area contributed by atoms with Crippen molar-refractivity contribution in [2.75, 3.05) is 5.73 Å². The van der Waals surface area contributed by atoms with Crippen LogP contribution in [0.1, 0.15) is 0 Å². The molecule has 0 spiro atoms. The lowest BCUT2D eigenvalue weighted by atomic mass is 10.1. The van der Waals surface area contributed by atoms with Gasteiger partial charge in [-0.2, -0.15) is 0 Å². The van der Waals surface area contributed by atoms with Crippen molar-refractivity contribution < 1.29 is 0 Å². The van der Waals surface area contributed by atoms with Gasteiger partial charge in [0.2, 0.25) is 0 Å². The molecule has 3 rings (SSSR count). The molecule has 0 aliphatic heterocycles. The van der Waals surface area contributed by atoms with Gasteiger partial charge in [-0.1, -0.05) is 60.7 Å². The molecule has 0 aliphatic rings. The van der Waals surface area contributed by atoms with Crippen molar-refractivity contribution in [3.63, 3.8) is 0 Å². The Bertz CT molecular complexity index is 585. The van der Waals surface area contributed by atoms with Crippen LogP contribution in [0, 0.1) is 0 Å². The predicted molar refractivity (Wildman–Crippen MR) is 73.9 cm³/mol. The number of anilines is 1. The van der Waals surface area contributed by atoms with Crippen molar-refractivity contribution in [2.45, 2.75) is 0 Å². The lowest BCUT2D eigenvalue weighted by Crippen LogP contribution is -1.85. The van der Waals surface area contributed by atoms with Crippen molar-refractivity contribution in [1.82, 2.24) is 9.97 Å². The third-order valence-corrected chi connectivity index (χ3v) is 2.83. The van der Waals surface area contributed by atoms with Crippen LogP contribution in [-0.4, -0.2) is 9.97 Å². The number of nitrogens with one attached hydrogen (secondary N) is 1. The zero-order valence-electron chi connectivity index (χ0n) is 9.80. The van der Waals surface area contributed by atoms with Crippen molar-refractivity contribution in [3.05, 3.63) is 60.7 Å². The molecule has 3 heteroatoms. The fourth-order valence-corrected chi connectivity index (χ4v) is 2.01. The average Bonchev–Trinajstić information content (AvgIpc) is 2.83. The Kier molecular flexibility index (Phi) is 2.57. The van der Waals surface area contributed by atoms with Crippen LogP contribution in [0.4, 0.5) is 5.95 Å². The number of nitrogen functional groups attached to an aromatic ring is 1. The number of benzene rings is 2. The minimum Gasteiger partial charge on any atom is -0.369 e. The van der Waals surface area contributed by atoms with E-state index in [1.165, 1.54) is 0 Å². The fourth-order valence-electron chi connectivity index (χ4n) is 2.01. The number of hydrogen-bond donors (Lipinski definition) is 2. The third-order valence-electron chi connectivity index (χ3n) is 2.83. The quantitative estimate of drug-likeness (QED) is 0.715. The first-order valence-corrected chi connectivity index (χ1v) is 5.81. The SMILES string of the molecule is Nc1nc(-c2ccccc2)c(-c2ccccc2)[nH]1. The minimum absolute atomic E-state index is 0.438. The zero-order chi connectivity index (χ0) is 12.4. The summed E-state index contributed by atoms with van der Waals surface area (Å²) in [4.78, 5) is 7.51. The molecule has 0 atom stereocenters. The summed E-state index contributed by atoms with van der Waals surface area (Å²) in [5, 5.41) is 0. The van der Waals surface area contributed by atoms with Crippen LogP contribution in [0.3, 0.4) is 0 Å². The predicted octanol–water partition coefficient (Wildman–Crippen LogP) is 3.33. The standard InChI is InChI=1S/C15H13N3/c16-15-17-13(11-7-3-1-4-8-11)14(18-15)12-9-5-2-6-10-12/h1-10H,(H3,16,17,18). The van der Waals surface area contributed by atoms with Crippen LogP contribution in [0.25, 0.3) is 22.5 Å². The topological polar surface area (TPSA) is 54.7 Å². The monoisotopic (exact) mass is 235 g/mol. The molecule has 3 N–H and O–H groups in total. The van der Waals surface area contributed by atoms with Crippen molar-refractivity contribution in [2.24, 2.45) is 0 Å². The van der Waals surface area contributed by atoms with Gasteiger partial charge in [0.05, 0.1) is 11.4 Å². The van der Waals surface area contributed by atoms with Crippen LogP contribution >= 0.6 is 0 Å². The summed E-state index contributed by atoms with van der Waals surface area (Å²) in [5.74, 6) is 0.438. The Morgan fingerprint density at radius 2 is 1.33 bits per heavy atom. The lowest BCUT2D eigenvalue weighted by Gasteiger charge is -2.02. The molecule has 1 heterocycles. The molecule has 0 radical (unpaired) electrons. The molecule has 88 valence electrons.